The maximum Gasteiger partial charge on any atom is 0.213 e. The second-order valence-corrected chi connectivity index (χ2v) is 3.72. The lowest BCUT2D eigenvalue weighted by Crippen LogP contribution is -1.98. The van der Waals surface area contributed by atoms with Crippen LogP contribution in [0.3, 0.4) is 0 Å². The summed E-state index contributed by atoms with van der Waals surface area (Å²) >= 11 is 0. The summed E-state index contributed by atoms with van der Waals surface area (Å²) in [6.07, 6.45) is 1.53. The summed E-state index contributed by atoms with van der Waals surface area (Å²) in [4.78, 5) is 15.1. The van der Waals surface area contributed by atoms with Crippen LogP contribution in [0.2, 0.25) is 0 Å². The first-order valence-electron chi connectivity index (χ1n) is 5.39. The van der Waals surface area contributed by atoms with Gasteiger partial charge in [0.15, 0.2) is 5.78 Å². The predicted octanol–water partition coefficient (Wildman–Crippen LogP) is 2.86. The number of ketones is 1. The molecule has 1 aromatic carbocycles. The fourth-order valence-corrected chi connectivity index (χ4v) is 1.41. The molecule has 1 heterocycles. The van der Waals surface area contributed by atoms with Crippen molar-refractivity contribution in [1.29, 1.82) is 0 Å². The second-order valence-electron chi connectivity index (χ2n) is 3.72. The fourth-order valence-electron chi connectivity index (χ4n) is 1.41. The van der Waals surface area contributed by atoms with E-state index in [2.05, 4.69) is 4.98 Å². The number of rotatable bonds is 4. The smallest absolute Gasteiger partial charge is 0.213 e. The van der Waals surface area contributed by atoms with Crippen LogP contribution >= 0.6 is 0 Å². The summed E-state index contributed by atoms with van der Waals surface area (Å²) in [6.45, 7) is 1.99. The average molecular weight is 227 g/mol. The first kappa shape index (κ1) is 11.3. The van der Waals surface area contributed by atoms with Gasteiger partial charge in [-0.25, -0.2) is 4.98 Å². The Bertz CT molecular complexity index is 491. The van der Waals surface area contributed by atoms with Gasteiger partial charge in [0, 0.05) is 17.8 Å². The van der Waals surface area contributed by atoms with Crippen molar-refractivity contribution in [1.82, 2.24) is 4.98 Å². The Labute approximate surface area is 100 Å². The van der Waals surface area contributed by atoms with Crippen molar-refractivity contribution in [2.45, 2.75) is 13.5 Å². The molecule has 0 bridgehead atoms. The van der Waals surface area contributed by atoms with Crippen LogP contribution in [0.5, 0.6) is 5.88 Å². The van der Waals surface area contributed by atoms with Crippen molar-refractivity contribution in [3.8, 4) is 5.88 Å². The van der Waals surface area contributed by atoms with Crippen molar-refractivity contribution in [2.24, 2.45) is 0 Å². The van der Waals surface area contributed by atoms with Gasteiger partial charge >= 0.3 is 0 Å². The van der Waals surface area contributed by atoms with E-state index in [1.54, 1.807) is 12.1 Å². The van der Waals surface area contributed by atoms with E-state index in [1.807, 2.05) is 30.3 Å². The van der Waals surface area contributed by atoms with Gasteiger partial charge in [-0.3, -0.25) is 4.79 Å². The molecule has 3 nitrogen and oxygen atoms in total. The molecule has 0 N–H and O–H groups in total. The van der Waals surface area contributed by atoms with Gasteiger partial charge in [-0.05, 0) is 18.6 Å². The first-order chi connectivity index (χ1) is 8.25. The monoisotopic (exact) mass is 227 g/mol. The third-order valence-electron chi connectivity index (χ3n) is 2.37. The molecule has 0 spiro atoms. The minimum absolute atomic E-state index is 0.00658. The van der Waals surface area contributed by atoms with Gasteiger partial charge in [0.2, 0.25) is 5.88 Å². The van der Waals surface area contributed by atoms with E-state index in [1.165, 1.54) is 13.1 Å². The zero-order chi connectivity index (χ0) is 12.1. The molecule has 0 atom stereocenters. The summed E-state index contributed by atoms with van der Waals surface area (Å²) in [5, 5.41) is 0. The normalized spacial score (nSPS) is 9.94. The largest absolute Gasteiger partial charge is 0.473 e. The van der Waals surface area contributed by atoms with Crippen LogP contribution in [0.4, 0.5) is 0 Å². The molecule has 0 amide bonds. The Kier molecular flexibility index (Phi) is 3.50. The molecule has 1 aromatic heterocycles. The summed E-state index contributed by atoms with van der Waals surface area (Å²) in [7, 11) is 0. The van der Waals surface area contributed by atoms with Crippen LogP contribution in [0.15, 0.2) is 48.7 Å². The van der Waals surface area contributed by atoms with Gasteiger partial charge in [-0.15, -0.1) is 0 Å². The van der Waals surface area contributed by atoms with Crippen LogP contribution in [-0.2, 0) is 6.61 Å². The lowest BCUT2D eigenvalue weighted by atomic mass is 10.2. The third kappa shape index (κ3) is 3.14. The summed E-state index contributed by atoms with van der Waals surface area (Å²) in [5.74, 6) is 0.533. The number of carbonyl (C=O) groups excluding carboxylic acids is 1. The highest BCUT2D eigenvalue weighted by Gasteiger charge is 2.01. The van der Waals surface area contributed by atoms with Crippen LogP contribution < -0.4 is 4.74 Å². The molecular formula is C14H13NO2. The van der Waals surface area contributed by atoms with E-state index in [0.29, 0.717) is 18.1 Å². The molecule has 0 saturated carbocycles. The van der Waals surface area contributed by atoms with Crippen molar-refractivity contribution in [3.63, 3.8) is 0 Å². The molecule has 2 aromatic rings. The molecule has 0 aliphatic heterocycles. The zero-order valence-electron chi connectivity index (χ0n) is 9.59. The molecule has 0 saturated heterocycles. The summed E-state index contributed by atoms with van der Waals surface area (Å²) in [5.41, 5.74) is 1.68. The molecule has 0 aliphatic carbocycles. The number of Topliss-reactive ketones (excluding diaryl/α,β-unsaturated/α-hetero) is 1. The zero-order valence-corrected chi connectivity index (χ0v) is 9.59. The van der Waals surface area contributed by atoms with Crippen LogP contribution in [-0.4, -0.2) is 10.8 Å². The number of nitrogens with zero attached hydrogens (tertiary/aromatic N) is 1. The average Bonchev–Trinajstić information content (AvgIpc) is 2.38. The number of benzene rings is 1. The van der Waals surface area contributed by atoms with E-state index >= 15 is 0 Å². The standard InChI is InChI=1S/C14H13NO2/c1-11(16)13-7-8-14(15-9-13)17-10-12-5-3-2-4-6-12/h2-9H,10H2,1H3. The van der Waals surface area contributed by atoms with Crippen molar-refractivity contribution in [3.05, 3.63) is 59.8 Å². The summed E-state index contributed by atoms with van der Waals surface area (Å²) < 4.78 is 5.50. The Morgan fingerprint density at radius 2 is 1.94 bits per heavy atom. The Morgan fingerprint density at radius 1 is 1.18 bits per heavy atom. The van der Waals surface area contributed by atoms with Crippen molar-refractivity contribution in [2.75, 3.05) is 0 Å². The van der Waals surface area contributed by atoms with Gasteiger partial charge < -0.3 is 4.74 Å². The van der Waals surface area contributed by atoms with Crippen molar-refractivity contribution >= 4 is 5.78 Å². The molecule has 2 rings (SSSR count). The maximum absolute atomic E-state index is 11.1. The minimum Gasteiger partial charge on any atom is -0.473 e. The maximum atomic E-state index is 11.1. The highest BCUT2D eigenvalue weighted by molar-refractivity contribution is 5.93. The molecule has 0 fully saturated rings. The van der Waals surface area contributed by atoms with E-state index in [-0.39, 0.29) is 5.78 Å². The number of carbonyl (C=O) groups is 1. The molecule has 86 valence electrons. The van der Waals surface area contributed by atoms with Crippen LogP contribution in [0, 0.1) is 0 Å². The van der Waals surface area contributed by atoms with E-state index in [0.717, 1.165) is 5.56 Å². The first-order valence-corrected chi connectivity index (χ1v) is 5.39. The Hall–Kier alpha value is -2.16. The summed E-state index contributed by atoms with van der Waals surface area (Å²) in [6, 6.07) is 13.3. The number of ether oxygens (including phenoxy) is 1. The second kappa shape index (κ2) is 5.25. The molecule has 0 aliphatic rings. The van der Waals surface area contributed by atoms with E-state index in [4.69, 9.17) is 4.74 Å². The number of hydrogen-bond acceptors (Lipinski definition) is 3. The van der Waals surface area contributed by atoms with E-state index in [9.17, 15) is 4.79 Å². The number of pyridine rings is 1. The molecule has 0 unspecified atom stereocenters. The molecular weight excluding hydrogens is 214 g/mol. The topological polar surface area (TPSA) is 39.2 Å². The highest BCUT2D eigenvalue weighted by atomic mass is 16.5. The van der Waals surface area contributed by atoms with Gasteiger partial charge in [0.25, 0.3) is 0 Å². The highest BCUT2D eigenvalue weighted by Crippen LogP contribution is 2.10. The minimum atomic E-state index is 0.00658. The quantitative estimate of drug-likeness (QED) is 0.754. The van der Waals surface area contributed by atoms with Gasteiger partial charge in [-0.1, -0.05) is 30.3 Å². The number of aromatic nitrogens is 1. The van der Waals surface area contributed by atoms with Gasteiger partial charge in [0.05, 0.1) is 0 Å². The van der Waals surface area contributed by atoms with Gasteiger partial charge in [0.1, 0.15) is 6.61 Å². The lowest BCUT2D eigenvalue weighted by Gasteiger charge is -2.05. The predicted molar refractivity (Wildman–Crippen MR) is 65.0 cm³/mol. The van der Waals surface area contributed by atoms with E-state index < -0.39 is 0 Å². The number of hydrogen-bond donors (Lipinski definition) is 0. The Balaban J connectivity index is 1.98. The van der Waals surface area contributed by atoms with Gasteiger partial charge in [-0.2, -0.15) is 0 Å². The van der Waals surface area contributed by atoms with Crippen molar-refractivity contribution < 1.29 is 9.53 Å². The molecule has 3 heteroatoms. The van der Waals surface area contributed by atoms with Crippen LogP contribution in [0.1, 0.15) is 22.8 Å². The SMILES string of the molecule is CC(=O)c1ccc(OCc2ccccc2)nc1. The lowest BCUT2D eigenvalue weighted by molar-refractivity contribution is 0.101. The molecule has 0 radical (unpaired) electrons. The Morgan fingerprint density at radius 3 is 2.53 bits per heavy atom. The fraction of sp³-hybridized carbons (Fsp3) is 0.143. The third-order valence-corrected chi connectivity index (χ3v) is 2.37. The molecule has 17 heavy (non-hydrogen) atoms. The van der Waals surface area contributed by atoms with Crippen LogP contribution in [0.25, 0.3) is 0 Å².